The molecule has 0 aliphatic carbocycles. The zero-order valence-electron chi connectivity index (χ0n) is 13.5. The number of amidine groups is 1. The highest BCUT2D eigenvalue weighted by Gasteiger charge is 2.17. The van der Waals surface area contributed by atoms with Gasteiger partial charge in [-0.05, 0) is 36.1 Å². The van der Waals surface area contributed by atoms with Gasteiger partial charge >= 0.3 is 0 Å². The van der Waals surface area contributed by atoms with E-state index in [2.05, 4.69) is 35.3 Å². The van der Waals surface area contributed by atoms with Gasteiger partial charge in [-0.2, -0.15) is 0 Å². The third kappa shape index (κ3) is 4.09. The van der Waals surface area contributed by atoms with Crippen LogP contribution in [0.3, 0.4) is 0 Å². The molecule has 0 atom stereocenters. The molecule has 0 spiro atoms. The molecule has 3 rings (SSSR count). The van der Waals surface area contributed by atoms with Gasteiger partial charge in [0.05, 0.1) is 10.6 Å². The minimum absolute atomic E-state index is 0.473. The van der Waals surface area contributed by atoms with Crippen molar-refractivity contribution in [2.45, 2.75) is 31.1 Å². The Morgan fingerprint density at radius 1 is 1.30 bits per heavy atom. The Balaban J connectivity index is 1.74. The molecule has 2 heterocycles. The number of fused-ring (bicyclic) bond motifs is 1. The van der Waals surface area contributed by atoms with E-state index in [9.17, 15) is 0 Å². The molecule has 1 aromatic carbocycles. The van der Waals surface area contributed by atoms with E-state index in [-0.39, 0.29) is 0 Å². The highest BCUT2D eigenvalue weighted by Crippen LogP contribution is 2.36. The summed E-state index contributed by atoms with van der Waals surface area (Å²) in [6.45, 7) is 4.50. The number of anilines is 2. The summed E-state index contributed by atoms with van der Waals surface area (Å²) in [7, 11) is 0. The predicted molar refractivity (Wildman–Crippen MR) is 104 cm³/mol. The Morgan fingerprint density at radius 2 is 2.22 bits per heavy atom. The van der Waals surface area contributed by atoms with Gasteiger partial charge in [0.25, 0.3) is 0 Å². The molecule has 0 bridgehead atoms. The lowest BCUT2D eigenvalue weighted by atomic mass is 10.2. The third-order valence-electron chi connectivity index (χ3n) is 3.99. The molecule has 1 aliphatic rings. The largest absolute Gasteiger partial charge is 0.370 e. The van der Waals surface area contributed by atoms with Gasteiger partial charge in [-0.15, -0.1) is 23.1 Å². The van der Waals surface area contributed by atoms with Gasteiger partial charge in [-0.3, -0.25) is 5.41 Å². The van der Waals surface area contributed by atoms with Crippen LogP contribution in [0.2, 0.25) is 0 Å². The Bertz CT molecular complexity index is 652. The van der Waals surface area contributed by atoms with Crippen molar-refractivity contribution in [3.8, 4) is 0 Å². The number of benzene rings is 1. The Labute approximate surface area is 146 Å². The molecule has 0 amide bonds. The number of hydrogen-bond acceptors (Lipinski definition) is 4. The zero-order chi connectivity index (χ0) is 16.1. The molecule has 0 saturated carbocycles. The SMILES string of the molecule is CCCCCN1CCSc2ccc(NC(=N)c3cccs3)cc21. The van der Waals surface area contributed by atoms with Crippen molar-refractivity contribution in [2.75, 3.05) is 29.1 Å². The second-order valence-electron chi connectivity index (χ2n) is 5.70. The van der Waals surface area contributed by atoms with Crippen LogP contribution in [0.15, 0.2) is 40.6 Å². The lowest BCUT2D eigenvalue weighted by molar-refractivity contribution is 0.681. The molecule has 0 unspecified atom stereocenters. The van der Waals surface area contributed by atoms with Crippen molar-refractivity contribution in [1.82, 2.24) is 0 Å². The second-order valence-corrected chi connectivity index (χ2v) is 7.79. The first-order valence-corrected chi connectivity index (χ1v) is 10.1. The van der Waals surface area contributed by atoms with Crippen LogP contribution in [0, 0.1) is 5.41 Å². The quantitative estimate of drug-likeness (QED) is 0.424. The van der Waals surface area contributed by atoms with E-state index in [1.54, 1.807) is 11.3 Å². The van der Waals surface area contributed by atoms with Crippen LogP contribution >= 0.6 is 23.1 Å². The molecule has 23 heavy (non-hydrogen) atoms. The van der Waals surface area contributed by atoms with E-state index < -0.39 is 0 Å². The molecule has 1 aromatic heterocycles. The van der Waals surface area contributed by atoms with E-state index in [0.29, 0.717) is 5.84 Å². The first kappa shape index (κ1) is 16.4. The summed E-state index contributed by atoms with van der Waals surface area (Å²) in [6.07, 6.45) is 3.80. The number of hydrogen-bond donors (Lipinski definition) is 2. The van der Waals surface area contributed by atoms with Crippen LogP contribution in [0.5, 0.6) is 0 Å². The lowest BCUT2D eigenvalue weighted by Gasteiger charge is -2.31. The lowest BCUT2D eigenvalue weighted by Crippen LogP contribution is -2.30. The number of nitrogens with one attached hydrogen (secondary N) is 2. The first-order chi connectivity index (χ1) is 11.3. The second kappa shape index (κ2) is 7.88. The third-order valence-corrected chi connectivity index (χ3v) is 5.92. The average Bonchev–Trinajstić information content (AvgIpc) is 3.10. The molecule has 122 valence electrons. The summed E-state index contributed by atoms with van der Waals surface area (Å²) in [5.41, 5.74) is 2.33. The highest BCUT2D eigenvalue weighted by molar-refractivity contribution is 7.99. The van der Waals surface area contributed by atoms with Crippen LogP contribution < -0.4 is 10.2 Å². The minimum atomic E-state index is 0.473. The van der Waals surface area contributed by atoms with Gasteiger partial charge in [0.2, 0.25) is 0 Å². The maximum absolute atomic E-state index is 8.19. The van der Waals surface area contributed by atoms with Crippen LogP contribution in [-0.2, 0) is 0 Å². The first-order valence-electron chi connectivity index (χ1n) is 8.19. The summed E-state index contributed by atoms with van der Waals surface area (Å²) >= 11 is 3.53. The zero-order valence-corrected chi connectivity index (χ0v) is 15.1. The minimum Gasteiger partial charge on any atom is -0.370 e. The maximum atomic E-state index is 8.19. The summed E-state index contributed by atoms with van der Waals surface area (Å²) < 4.78 is 0. The van der Waals surface area contributed by atoms with Crippen LogP contribution in [0.25, 0.3) is 0 Å². The van der Waals surface area contributed by atoms with Crippen LogP contribution in [-0.4, -0.2) is 24.7 Å². The van der Waals surface area contributed by atoms with Crippen LogP contribution in [0.1, 0.15) is 31.1 Å². The maximum Gasteiger partial charge on any atom is 0.140 e. The normalized spacial score (nSPS) is 13.7. The van der Waals surface area contributed by atoms with Gasteiger partial charge in [0.15, 0.2) is 0 Å². The van der Waals surface area contributed by atoms with Crippen molar-refractivity contribution in [3.05, 3.63) is 40.6 Å². The molecular formula is C18H23N3S2. The number of unbranched alkanes of at least 4 members (excludes halogenated alkanes) is 2. The van der Waals surface area contributed by atoms with E-state index >= 15 is 0 Å². The van der Waals surface area contributed by atoms with Gasteiger partial charge in [-0.25, -0.2) is 0 Å². The Hall–Kier alpha value is -1.46. The van der Waals surface area contributed by atoms with E-state index in [0.717, 1.165) is 29.4 Å². The number of nitrogens with zero attached hydrogens (tertiary/aromatic N) is 1. The standard InChI is InChI=1S/C18H23N3S2/c1-2-3-4-9-21-10-12-23-16-8-7-14(13-15(16)21)20-18(19)17-6-5-11-22-17/h5-8,11,13H,2-4,9-10,12H2,1H3,(H2,19,20). The fourth-order valence-corrected chi connectivity index (χ4v) is 4.42. The van der Waals surface area contributed by atoms with Gasteiger partial charge in [0.1, 0.15) is 5.84 Å². The summed E-state index contributed by atoms with van der Waals surface area (Å²) in [6, 6.07) is 10.4. The van der Waals surface area contributed by atoms with Crippen molar-refractivity contribution in [3.63, 3.8) is 0 Å². The number of thioether (sulfide) groups is 1. The molecule has 0 radical (unpaired) electrons. The van der Waals surface area contributed by atoms with Crippen molar-refractivity contribution in [2.24, 2.45) is 0 Å². The van der Waals surface area contributed by atoms with E-state index in [4.69, 9.17) is 5.41 Å². The predicted octanol–water partition coefficient (Wildman–Crippen LogP) is 5.29. The van der Waals surface area contributed by atoms with Gasteiger partial charge < -0.3 is 10.2 Å². The van der Waals surface area contributed by atoms with Crippen molar-refractivity contribution >= 4 is 40.3 Å². The van der Waals surface area contributed by atoms with Crippen molar-refractivity contribution in [1.29, 1.82) is 5.41 Å². The van der Waals surface area contributed by atoms with Gasteiger partial charge in [0, 0.05) is 29.4 Å². The van der Waals surface area contributed by atoms with Crippen molar-refractivity contribution < 1.29 is 0 Å². The Kier molecular flexibility index (Phi) is 5.62. The molecule has 5 heteroatoms. The van der Waals surface area contributed by atoms with Gasteiger partial charge in [-0.1, -0.05) is 25.8 Å². The molecule has 2 aromatic rings. The molecule has 1 aliphatic heterocycles. The highest BCUT2D eigenvalue weighted by atomic mass is 32.2. The summed E-state index contributed by atoms with van der Waals surface area (Å²) in [5.74, 6) is 1.64. The molecule has 0 fully saturated rings. The molecule has 2 N–H and O–H groups in total. The van der Waals surface area contributed by atoms with E-state index in [1.807, 2.05) is 29.3 Å². The fourth-order valence-electron chi connectivity index (χ4n) is 2.76. The molecular weight excluding hydrogens is 322 g/mol. The Morgan fingerprint density at radius 3 is 3.00 bits per heavy atom. The fraction of sp³-hybridized carbons (Fsp3) is 0.389. The topological polar surface area (TPSA) is 39.1 Å². The smallest absolute Gasteiger partial charge is 0.140 e. The summed E-state index contributed by atoms with van der Waals surface area (Å²) in [5, 5.41) is 13.4. The average molecular weight is 346 g/mol. The number of rotatable bonds is 6. The monoisotopic (exact) mass is 345 g/mol. The van der Waals surface area contributed by atoms with E-state index in [1.165, 1.54) is 29.8 Å². The molecule has 0 saturated heterocycles. The number of thiophene rings is 1. The summed E-state index contributed by atoms with van der Waals surface area (Å²) in [4.78, 5) is 4.83. The van der Waals surface area contributed by atoms with Crippen LogP contribution in [0.4, 0.5) is 11.4 Å². The molecule has 3 nitrogen and oxygen atoms in total.